The van der Waals surface area contributed by atoms with Crippen LogP contribution in [0.4, 0.5) is 11.4 Å². The first-order chi connectivity index (χ1) is 11.7. The van der Waals surface area contributed by atoms with Crippen LogP contribution in [0.2, 0.25) is 0 Å². The van der Waals surface area contributed by atoms with Gasteiger partial charge in [-0.05, 0) is 54.3 Å². The molecule has 1 fully saturated rings. The topological polar surface area (TPSA) is 70.2 Å². The number of hydrogen-bond acceptors (Lipinski definition) is 3. The Bertz CT molecular complexity index is 818. The number of carbonyl (C=O) groups is 2. The highest BCUT2D eigenvalue weighted by Gasteiger charge is 2.29. The number of amides is 2. The minimum atomic E-state index is -0.143. The molecule has 2 amide bonds. The Hall–Kier alpha value is -2.37. The third-order valence-electron chi connectivity index (χ3n) is 4.44. The Morgan fingerprint density at radius 2 is 1.64 bits per heavy atom. The summed E-state index contributed by atoms with van der Waals surface area (Å²) >= 11 is 0. The lowest BCUT2D eigenvalue weighted by Gasteiger charge is -2.09. The molecule has 3 N–H and O–H groups in total. The third-order valence-corrected chi connectivity index (χ3v) is 4.44. The van der Waals surface area contributed by atoms with Crippen molar-refractivity contribution in [3.8, 4) is 0 Å². The Morgan fingerprint density at radius 3 is 2.40 bits per heavy atom. The zero-order valence-electron chi connectivity index (χ0n) is 13.7. The van der Waals surface area contributed by atoms with E-state index in [9.17, 15) is 9.59 Å². The molecule has 1 saturated carbocycles. The number of nitrogens with one attached hydrogen (secondary N) is 3. The number of benzene rings is 2. The molecule has 4 rings (SSSR count). The van der Waals surface area contributed by atoms with Gasteiger partial charge in [-0.15, -0.1) is 12.4 Å². The van der Waals surface area contributed by atoms with Crippen molar-refractivity contribution in [3.63, 3.8) is 0 Å². The van der Waals surface area contributed by atoms with Gasteiger partial charge in [0.15, 0.2) is 0 Å². The van der Waals surface area contributed by atoms with Crippen LogP contribution in [0, 0.1) is 5.92 Å². The van der Waals surface area contributed by atoms with Gasteiger partial charge in [0.2, 0.25) is 5.91 Å². The molecule has 6 heteroatoms. The standard InChI is InChI=1S/C19H19N3O2.ClH/c23-18(12-4-5-12)21-16-2-1-3-17(9-16)22-19(24)13-6-7-14-10-20-11-15(14)8-13;/h1-3,6-9,12,20H,4-5,10-11H2,(H,21,23)(H,22,24);1H. The van der Waals surface area contributed by atoms with Crippen LogP contribution in [0.5, 0.6) is 0 Å². The SMILES string of the molecule is Cl.O=C(Nc1cccc(NC(=O)C2CC2)c1)c1ccc2c(c1)CNC2. The van der Waals surface area contributed by atoms with E-state index in [1.54, 1.807) is 6.07 Å². The average molecular weight is 358 g/mol. The predicted octanol–water partition coefficient (Wildman–Crippen LogP) is 3.31. The maximum atomic E-state index is 12.4. The normalized spacial score (nSPS) is 15.0. The second-order valence-electron chi connectivity index (χ2n) is 6.39. The number of rotatable bonds is 4. The molecule has 0 unspecified atom stereocenters. The van der Waals surface area contributed by atoms with Gasteiger partial charge in [0.05, 0.1) is 0 Å². The van der Waals surface area contributed by atoms with Crippen molar-refractivity contribution in [3.05, 3.63) is 59.2 Å². The Kier molecular flexibility index (Phi) is 5.06. The van der Waals surface area contributed by atoms with E-state index in [1.807, 2.05) is 36.4 Å². The van der Waals surface area contributed by atoms with Crippen molar-refractivity contribution in [1.29, 1.82) is 0 Å². The van der Waals surface area contributed by atoms with Crippen molar-refractivity contribution in [1.82, 2.24) is 5.32 Å². The second kappa shape index (κ2) is 7.25. The molecule has 1 aliphatic heterocycles. The van der Waals surface area contributed by atoms with E-state index in [2.05, 4.69) is 16.0 Å². The van der Waals surface area contributed by atoms with Gasteiger partial charge in [0, 0.05) is 35.9 Å². The summed E-state index contributed by atoms with van der Waals surface area (Å²) in [4.78, 5) is 24.3. The average Bonchev–Trinajstić information content (AvgIpc) is 3.33. The molecule has 0 aromatic heterocycles. The molecule has 1 heterocycles. The molecule has 130 valence electrons. The largest absolute Gasteiger partial charge is 0.326 e. The summed E-state index contributed by atoms with van der Waals surface area (Å²) in [6.45, 7) is 1.67. The summed E-state index contributed by atoms with van der Waals surface area (Å²) in [5, 5.41) is 9.06. The summed E-state index contributed by atoms with van der Waals surface area (Å²) in [6, 6.07) is 13.0. The summed E-state index contributed by atoms with van der Waals surface area (Å²) in [5.74, 6) is 0.0724. The highest BCUT2D eigenvalue weighted by Crippen LogP contribution is 2.30. The van der Waals surface area contributed by atoms with Gasteiger partial charge in [0.1, 0.15) is 0 Å². The van der Waals surface area contributed by atoms with Crippen LogP contribution in [0.15, 0.2) is 42.5 Å². The smallest absolute Gasteiger partial charge is 0.255 e. The first kappa shape index (κ1) is 17.5. The molecule has 0 atom stereocenters. The molecule has 5 nitrogen and oxygen atoms in total. The van der Waals surface area contributed by atoms with E-state index in [1.165, 1.54) is 11.1 Å². The Labute approximate surface area is 152 Å². The lowest BCUT2D eigenvalue weighted by Crippen LogP contribution is -2.15. The number of carbonyl (C=O) groups excluding carboxylic acids is 2. The molecule has 1 aliphatic carbocycles. The van der Waals surface area contributed by atoms with Crippen LogP contribution >= 0.6 is 12.4 Å². The number of halogens is 1. The molecule has 0 saturated heterocycles. The van der Waals surface area contributed by atoms with Gasteiger partial charge in [-0.25, -0.2) is 0 Å². The van der Waals surface area contributed by atoms with Crippen LogP contribution in [-0.4, -0.2) is 11.8 Å². The van der Waals surface area contributed by atoms with Gasteiger partial charge in [-0.3, -0.25) is 9.59 Å². The lowest BCUT2D eigenvalue weighted by atomic mass is 10.1. The monoisotopic (exact) mass is 357 g/mol. The maximum Gasteiger partial charge on any atom is 0.255 e. The van der Waals surface area contributed by atoms with E-state index in [4.69, 9.17) is 0 Å². The van der Waals surface area contributed by atoms with Gasteiger partial charge >= 0.3 is 0 Å². The van der Waals surface area contributed by atoms with Crippen LogP contribution in [0.25, 0.3) is 0 Å². The molecule has 2 aromatic carbocycles. The molecule has 0 bridgehead atoms. The van der Waals surface area contributed by atoms with E-state index in [-0.39, 0.29) is 30.1 Å². The van der Waals surface area contributed by atoms with Crippen molar-refractivity contribution in [2.45, 2.75) is 25.9 Å². The lowest BCUT2D eigenvalue weighted by molar-refractivity contribution is -0.117. The number of fused-ring (bicyclic) bond motifs is 1. The van der Waals surface area contributed by atoms with Gasteiger partial charge in [0.25, 0.3) is 5.91 Å². The van der Waals surface area contributed by atoms with E-state index in [0.29, 0.717) is 16.9 Å². The van der Waals surface area contributed by atoms with Crippen LogP contribution in [0.1, 0.15) is 34.3 Å². The number of hydrogen-bond donors (Lipinski definition) is 3. The predicted molar refractivity (Wildman–Crippen MR) is 100.0 cm³/mol. The highest BCUT2D eigenvalue weighted by atomic mass is 35.5. The molecular formula is C19H20ClN3O2. The fraction of sp³-hybridized carbons (Fsp3) is 0.263. The molecule has 0 spiro atoms. The zero-order chi connectivity index (χ0) is 16.5. The zero-order valence-corrected chi connectivity index (χ0v) is 14.5. The highest BCUT2D eigenvalue weighted by molar-refractivity contribution is 6.05. The summed E-state index contributed by atoms with van der Waals surface area (Å²) in [6.07, 6.45) is 1.94. The molecule has 2 aliphatic rings. The second-order valence-corrected chi connectivity index (χ2v) is 6.39. The van der Waals surface area contributed by atoms with Gasteiger partial charge in [-0.2, -0.15) is 0 Å². The summed E-state index contributed by atoms with van der Waals surface area (Å²) < 4.78 is 0. The van der Waals surface area contributed by atoms with Crippen molar-refractivity contribution >= 4 is 35.6 Å². The fourth-order valence-corrected chi connectivity index (χ4v) is 2.90. The molecular weight excluding hydrogens is 338 g/mol. The molecule has 25 heavy (non-hydrogen) atoms. The van der Waals surface area contributed by atoms with Crippen LogP contribution in [0.3, 0.4) is 0 Å². The van der Waals surface area contributed by atoms with Crippen molar-refractivity contribution < 1.29 is 9.59 Å². The number of anilines is 2. The van der Waals surface area contributed by atoms with Crippen molar-refractivity contribution in [2.24, 2.45) is 5.92 Å². The van der Waals surface area contributed by atoms with Crippen LogP contribution in [-0.2, 0) is 17.9 Å². The quantitative estimate of drug-likeness (QED) is 0.786. The van der Waals surface area contributed by atoms with E-state index >= 15 is 0 Å². The van der Waals surface area contributed by atoms with Crippen LogP contribution < -0.4 is 16.0 Å². The summed E-state index contributed by atoms with van der Waals surface area (Å²) in [7, 11) is 0. The third kappa shape index (κ3) is 4.00. The molecule has 2 aromatic rings. The Balaban J connectivity index is 0.00000182. The minimum absolute atomic E-state index is 0. The molecule has 0 radical (unpaired) electrons. The maximum absolute atomic E-state index is 12.4. The first-order valence-corrected chi connectivity index (χ1v) is 8.24. The minimum Gasteiger partial charge on any atom is -0.326 e. The van der Waals surface area contributed by atoms with E-state index < -0.39 is 0 Å². The fourth-order valence-electron chi connectivity index (χ4n) is 2.90. The van der Waals surface area contributed by atoms with Gasteiger partial charge < -0.3 is 16.0 Å². The first-order valence-electron chi connectivity index (χ1n) is 8.24. The van der Waals surface area contributed by atoms with Gasteiger partial charge in [-0.1, -0.05) is 12.1 Å². The summed E-state index contributed by atoms with van der Waals surface area (Å²) in [5.41, 5.74) is 4.45. The Morgan fingerprint density at radius 1 is 0.920 bits per heavy atom. The van der Waals surface area contributed by atoms with Crippen molar-refractivity contribution in [2.75, 3.05) is 10.6 Å². The van der Waals surface area contributed by atoms with E-state index in [0.717, 1.165) is 25.9 Å².